The molecule has 8 heteroatoms. The highest BCUT2D eigenvalue weighted by molar-refractivity contribution is 5.82. The van der Waals surface area contributed by atoms with Crippen molar-refractivity contribution in [2.75, 3.05) is 32.7 Å². The van der Waals surface area contributed by atoms with Crippen LogP contribution in [0.1, 0.15) is 19.8 Å². The summed E-state index contributed by atoms with van der Waals surface area (Å²) in [5.41, 5.74) is -0.945. The van der Waals surface area contributed by atoms with Gasteiger partial charge < -0.3 is 10.0 Å². The summed E-state index contributed by atoms with van der Waals surface area (Å²) in [4.78, 5) is 26.2. The van der Waals surface area contributed by atoms with Gasteiger partial charge in [-0.3, -0.25) is 14.5 Å². The highest BCUT2D eigenvalue weighted by atomic mass is 19.4. The van der Waals surface area contributed by atoms with Crippen LogP contribution < -0.4 is 0 Å². The number of hydrogen-bond acceptors (Lipinski definition) is 3. The van der Waals surface area contributed by atoms with Crippen LogP contribution in [0.3, 0.4) is 0 Å². The zero-order valence-corrected chi connectivity index (χ0v) is 11.8. The molecule has 2 aliphatic heterocycles. The zero-order chi connectivity index (χ0) is 15.8. The highest BCUT2D eigenvalue weighted by Gasteiger charge is 2.44. The van der Waals surface area contributed by atoms with Crippen LogP contribution in [0.15, 0.2) is 0 Å². The molecule has 0 radical (unpaired) electrons. The molecule has 2 rings (SSSR count). The van der Waals surface area contributed by atoms with Gasteiger partial charge in [-0.2, -0.15) is 13.2 Å². The minimum Gasteiger partial charge on any atom is -0.481 e. The Morgan fingerprint density at radius 1 is 1.33 bits per heavy atom. The van der Waals surface area contributed by atoms with Gasteiger partial charge in [0, 0.05) is 19.6 Å². The Labute approximate surface area is 120 Å². The van der Waals surface area contributed by atoms with Crippen LogP contribution in [-0.2, 0) is 9.59 Å². The van der Waals surface area contributed by atoms with E-state index in [0.717, 1.165) is 0 Å². The largest absolute Gasteiger partial charge is 0.481 e. The molecule has 0 saturated carbocycles. The van der Waals surface area contributed by atoms with Crippen LogP contribution in [-0.4, -0.2) is 65.7 Å². The molecule has 0 bridgehead atoms. The summed E-state index contributed by atoms with van der Waals surface area (Å²) in [6.07, 6.45) is -3.48. The topological polar surface area (TPSA) is 60.9 Å². The van der Waals surface area contributed by atoms with E-state index in [9.17, 15) is 22.8 Å². The summed E-state index contributed by atoms with van der Waals surface area (Å²) in [5, 5.41) is 9.14. The molecule has 0 aromatic rings. The summed E-state index contributed by atoms with van der Waals surface area (Å²) in [7, 11) is 0. The standard InChI is InChI=1S/C13H19F3N2O3/c1-12(11(20)21)3-5-18(7-12)10(19)9-2-4-17(6-9)8-13(14,15)16/h9H,2-8H2,1H3,(H,20,21). The van der Waals surface area contributed by atoms with Gasteiger partial charge in [0.2, 0.25) is 5.91 Å². The molecular weight excluding hydrogens is 289 g/mol. The van der Waals surface area contributed by atoms with Crippen molar-refractivity contribution in [1.29, 1.82) is 0 Å². The number of carboxylic acid groups (broad SMARTS) is 1. The number of carbonyl (C=O) groups is 2. The summed E-state index contributed by atoms with van der Waals surface area (Å²) < 4.78 is 37.0. The maximum Gasteiger partial charge on any atom is 0.401 e. The van der Waals surface area contributed by atoms with Gasteiger partial charge in [-0.1, -0.05) is 0 Å². The van der Waals surface area contributed by atoms with Crippen molar-refractivity contribution >= 4 is 11.9 Å². The van der Waals surface area contributed by atoms with E-state index in [4.69, 9.17) is 5.11 Å². The third kappa shape index (κ3) is 3.66. The normalized spacial score (nSPS) is 30.9. The fourth-order valence-corrected chi connectivity index (χ4v) is 3.01. The molecule has 0 aliphatic carbocycles. The molecule has 1 amide bonds. The van der Waals surface area contributed by atoms with Crippen LogP contribution >= 0.6 is 0 Å². The first-order valence-corrected chi connectivity index (χ1v) is 6.92. The van der Waals surface area contributed by atoms with Gasteiger partial charge in [-0.15, -0.1) is 0 Å². The first kappa shape index (κ1) is 16.1. The van der Waals surface area contributed by atoms with Crippen molar-refractivity contribution in [2.45, 2.75) is 25.9 Å². The first-order valence-electron chi connectivity index (χ1n) is 6.92. The van der Waals surface area contributed by atoms with Gasteiger partial charge in [-0.05, 0) is 26.3 Å². The van der Waals surface area contributed by atoms with Crippen molar-refractivity contribution in [1.82, 2.24) is 9.80 Å². The second-order valence-electron chi connectivity index (χ2n) is 6.21. The number of rotatable bonds is 3. The minimum atomic E-state index is -4.26. The summed E-state index contributed by atoms with van der Waals surface area (Å²) in [6, 6.07) is 0. The lowest BCUT2D eigenvalue weighted by Crippen LogP contribution is -2.39. The first-order chi connectivity index (χ1) is 9.61. The molecule has 1 N–H and O–H groups in total. The Bertz CT molecular complexity index is 441. The Morgan fingerprint density at radius 3 is 2.52 bits per heavy atom. The number of alkyl halides is 3. The maximum atomic E-state index is 12.3. The lowest BCUT2D eigenvalue weighted by atomic mass is 9.90. The van der Waals surface area contributed by atoms with Crippen molar-refractivity contribution in [3.63, 3.8) is 0 Å². The average Bonchev–Trinajstić information content (AvgIpc) is 2.94. The molecule has 0 aromatic heterocycles. The van der Waals surface area contributed by atoms with E-state index in [-0.39, 0.29) is 25.5 Å². The van der Waals surface area contributed by atoms with Crippen LogP contribution in [0.4, 0.5) is 13.2 Å². The SMILES string of the molecule is CC1(C(=O)O)CCN(C(=O)C2CCN(CC(F)(F)F)C2)C1. The van der Waals surface area contributed by atoms with Gasteiger partial charge in [-0.25, -0.2) is 0 Å². The molecule has 21 heavy (non-hydrogen) atoms. The van der Waals surface area contributed by atoms with Gasteiger partial charge in [0.05, 0.1) is 17.9 Å². The highest BCUT2D eigenvalue weighted by Crippen LogP contribution is 2.32. The van der Waals surface area contributed by atoms with Crippen LogP contribution in [0.5, 0.6) is 0 Å². The lowest BCUT2D eigenvalue weighted by molar-refractivity contribution is -0.148. The molecule has 0 aromatic carbocycles. The Morgan fingerprint density at radius 2 is 2.00 bits per heavy atom. The third-order valence-electron chi connectivity index (χ3n) is 4.33. The molecule has 2 saturated heterocycles. The lowest BCUT2D eigenvalue weighted by Gasteiger charge is -2.23. The Kier molecular flexibility index (Phi) is 4.19. The fourth-order valence-electron chi connectivity index (χ4n) is 3.01. The van der Waals surface area contributed by atoms with Crippen LogP contribution in [0.2, 0.25) is 0 Å². The molecule has 120 valence electrons. The van der Waals surface area contributed by atoms with Crippen molar-refractivity contribution in [2.24, 2.45) is 11.3 Å². The molecule has 2 atom stereocenters. The summed E-state index contributed by atoms with van der Waals surface area (Å²) in [5.74, 6) is -1.61. The predicted molar refractivity (Wildman–Crippen MR) is 67.5 cm³/mol. The summed E-state index contributed by atoms with van der Waals surface area (Å²) in [6.45, 7) is 1.43. The van der Waals surface area contributed by atoms with E-state index in [0.29, 0.717) is 19.4 Å². The van der Waals surface area contributed by atoms with Gasteiger partial charge in [0.1, 0.15) is 0 Å². The smallest absolute Gasteiger partial charge is 0.401 e. The minimum absolute atomic E-state index is 0.0959. The van der Waals surface area contributed by atoms with E-state index < -0.39 is 30.0 Å². The summed E-state index contributed by atoms with van der Waals surface area (Å²) >= 11 is 0. The Balaban J connectivity index is 1.90. The molecule has 0 spiro atoms. The molecule has 2 aliphatic rings. The number of nitrogens with zero attached hydrogens (tertiary/aromatic N) is 2. The van der Waals surface area contributed by atoms with Crippen molar-refractivity contribution < 1.29 is 27.9 Å². The number of hydrogen-bond donors (Lipinski definition) is 1. The van der Waals surface area contributed by atoms with Crippen LogP contribution in [0.25, 0.3) is 0 Å². The maximum absolute atomic E-state index is 12.3. The van der Waals surface area contributed by atoms with Crippen molar-refractivity contribution in [3.05, 3.63) is 0 Å². The monoisotopic (exact) mass is 308 g/mol. The van der Waals surface area contributed by atoms with Crippen LogP contribution in [0, 0.1) is 11.3 Å². The third-order valence-corrected chi connectivity index (χ3v) is 4.33. The van der Waals surface area contributed by atoms with Gasteiger partial charge >= 0.3 is 12.1 Å². The predicted octanol–water partition coefficient (Wildman–Crippen LogP) is 1.19. The molecule has 2 unspecified atom stereocenters. The van der Waals surface area contributed by atoms with E-state index in [2.05, 4.69) is 0 Å². The molecule has 2 fully saturated rings. The molecular formula is C13H19F3N2O3. The molecule has 2 heterocycles. The number of aliphatic carboxylic acids is 1. The Hall–Kier alpha value is -1.31. The number of carbonyl (C=O) groups excluding carboxylic acids is 1. The second kappa shape index (κ2) is 5.47. The number of likely N-dealkylation sites (tertiary alicyclic amines) is 2. The molecule has 5 nitrogen and oxygen atoms in total. The fraction of sp³-hybridized carbons (Fsp3) is 0.846. The quantitative estimate of drug-likeness (QED) is 0.851. The zero-order valence-electron chi connectivity index (χ0n) is 11.8. The van der Waals surface area contributed by atoms with Gasteiger partial charge in [0.25, 0.3) is 0 Å². The van der Waals surface area contributed by atoms with E-state index in [1.54, 1.807) is 6.92 Å². The van der Waals surface area contributed by atoms with Gasteiger partial charge in [0.15, 0.2) is 0 Å². The van der Waals surface area contributed by atoms with E-state index >= 15 is 0 Å². The van der Waals surface area contributed by atoms with E-state index in [1.807, 2.05) is 0 Å². The van der Waals surface area contributed by atoms with E-state index in [1.165, 1.54) is 9.80 Å². The van der Waals surface area contributed by atoms with Crippen molar-refractivity contribution in [3.8, 4) is 0 Å². The number of carboxylic acids is 1. The number of amides is 1. The second-order valence-corrected chi connectivity index (χ2v) is 6.21. The average molecular weight is 308 g/mol. The number of halogens is 3.